The van der Waals surface area contributed by atoms with Crippen LogP contribution in [0.1, 0.15) is 48.7 Å². The zero-order valence-corrected chi connectivity index (χ0v) is 12.9. The predicted octanol–water partition coefficient (Wildman–Crippen LogP) is 2.06. The Balaban J connectivity index is 2.26. The number of nitrogens with one attached hydrogen (secondary N) is 1. The largest absolute Gasteiger partial charge is 0.395 e. The molecule has 0 radical (unpaired) electrons. The molecule has 1 aromatic heterocycles. The van der Waals surface area contributed by atoms with E-state index in [1.165, 1.54) is 0 Å². The van der Waals surface area contributed by atoms with Crippen LogP contribution in [-0.2, 0) is 6.42 Å². The van der Waals surface area contributed by atoms with Crippen molar-refractivity contribution in [1.82, 2.24) is 9.88 Å². The summed E-state index contributed by atoms with van der Waals surface area (Å²) in [5, 5.41) is 12.3. The molecule has 0 aromatic carbocycles. The van der Waals surface area contributed by atoms with E-state index in [1.807, 2.05) is 17.9 Å². The van der Waals surface area contributed by atoms with Crippen LogP contribution in [0.2, 0.25) is 0 Å². The van der Waals surface area contributed by atoms with Gasteiger partial charge in [-0.15, -0.1) is 0 Å². The molecule has 5 nitrogen and oxygen atoms in total. The number of aliphatic hydroxyl groups excluding tert-OH is 1. The Labute approximate surface area is 126 Å². The third-order valence-electron chi connectivity index (χ3n) is 4.11. The predicted molar refractivity (Wildman–Crippen MR) is 83.5 cm³/mol. The van der Waals surface area contributed by atoms with Gasteiger partial charge in [-0.1, -0.05) is 19.8 Å². The molecule has 0 bridgehead atoms. The highest BCUT2D eigenvalue weighted by Gasteiger charge is 2.27. The number of hydrogen-bond donors (Lipinski definition) is 2. The van der Waals surface area contributed by atoms with E-state index in [0.717, 1.165) is 37.8 Å². The van der Waals surface area contributed by atoms with Gasteiger partial charge < -0.3 is 15.3 Å². The van der Waals surface area contributed by atoms with Crippen LogP contribution in [-0.4, -0.2) is 47.1 Å². The molecule has 1 fully saturated rings. The highest BCUT2D eigenvalue weighted by atomic mass is 16.3. The standard InChI is InChI=1S/C16H25N3O2/c1-3-13-10-12(11-15(17-2)18-13)16(21)19(8-9-20)14-6-4-5-7-14/h10-11,14,20H,3-9H2,1-2H3,(H,17,18). The zero-order chi connectivity index (χ0) is 15.2. The average Bonchev–Trinajstić information content (AvgIpc) is 3.05. The van der Waals surface area contributed by atoms with E-state index in [4.69, 9.17) is 0 Å². The van der Waals surface area contributed by atoms with Crippen molar-refractivity contribution in [2.45, 2.75) is 45.1 Å². The number of hydrogen-bond acceptors (Lipinski definition) is 4. The van der Waals surface area contributed by atoms with Gasteiger partial charge in [-0.25, -0.2) is 4.98 Å². The maximum Gasteiger partial charge on any atom is 0.254 e. The smallest absolute Gasteiger partial charge is 0.254 e. The molecule has 0 spiro atoms. The molecule has 116 valence electrons. The minimum atomic E-state index is 0.00421. The van der Waals surface area contributed by atoms with Crippen LogP contribution in [0, 0.1) is 0 Å². The lowest BCUT2D eigenvalue weighted by atomic mass is 10.1. The van der Waals surface area contributed by atoms with Crippen molar-refractivity contribution in [1.29, 1.82) is 0 Å². The summed E-state index contributed by atoms with van der Waals surface area (Å²) in [6, 6.07) is 3.92. The first kappa shape index (κ1) is 15.8. The molecule has 5 heteroatoms. The van der Waals surface area contributed by atoms with Crippen molar-refractivity contribution in [3.63, 3.8) is 0 Å². The molecule has 2 N–H and O–H groups in total. The van der Waals surface area contributed by atoms with Crippen LogP contribution in [0.15, 0.2) is 12.1 Å². The summed E-state index contributed by atoms with van der Waals surface area (Å²) in [4.78, 5) is 19.1. The van der Waals surface area contributed by atoms with Crippen molar-refractivity contribution in [2.24, 2.45) is 0 Å². The Bertz CT molecular complexity index is 462. The number of aromatic nitrogens is 1. The Morgan fingerprint density at radius 2 is 2.14 bits per heavy atom. The van der Waals surface area contributed by atoms with Crippen LogP contribution < -0.4 is 5.32 Å². The molecule has 0 unspecified atom stereocenters. The van der Waals surface area contributed by atoms with E-state index in [0.29, 0.717) is 17.9 Å². The molecular weight excluding hydrogens is 266 g/mol. The third kappa shape index (κ3) is 3.73. The summed E-state index contributed by atoms with van der Waals surface area (Å²) in [5.74, 6) is 0.720. The Morgan fingerprint density at radius 3 is 2.71 bits per heavy atom. The summed E-state index contributed by atoms with van der Waals surface area (Å²) in [6.45, 7) is 2.44. The van der Waals surface area contributed by atoms with E-state index in [-0.39, 0.29) is 18.6 Å². The second-order valence-electron chi connectivity index (χ2n) is 5.50. The van der Waals surface area contributed by atoms with Crippen LogP contribution in [0.4, 0.5) is 5.82 Å². The van der Waals surface area contributed by atoms with E-state index in [2.05, 4.69) is 10.3 Å². The molecule has 0 aliphatic heterocycles. The number of nitrogens with zero attached hydrogens (tertiary/aromatic N) is 2. The minimum absolute atomic E-state index is 0.00421. The summed E-state index contributed by atoms with van der Waals surface area (Å²) < 4.78 is 0. The van der Waals surface area contributed by atoms with Gasteiger partial charge in [0, 0.05) is 30.9 Å². The van der Waals surface area contributed by atoms with E-state index in [9.17, 15) is 9.90 Å². The monoisotopic (exact) mass is 291 g/mol. The van der Waals surface area contributed by atoms with Crippen LogP contribution in [0.5, 0.6) is 0 Å². The Hall–Kier alpha value is -1.62. The van der Waals surface area contributed by atoms with Crippen LogP contribution in [0.3, 0.4) is 0 Å². The van der Waals surface area contributed by atoms with Crippen molar-refractivity contribution in [2.75, 3.05) is 25.5 Å². The first-order valence-electron chi connectivity index (χ1n) is 7.80. The lowest BCUT2D eigenvalue weighted by Gasteiger charge is -2.28. The molecule has 0 saturated heterocycles. The van der Waals surface area contributed by atoms with Gasteiger partial charge in [-0.2, -0.15) is 0 Å². The van der Waals surface area contributed by atoms with Gasteiger partial charge in [0.1, 0.15) is 5.82 Å². The van der Waals surface area contributed by atoms with Gasteiger partial charge in [-0.3, -0.25) is 4.79 Å². The summed E-state index contributed by atoms with van der Waals surface area (Å²) in [5.41, 5.74) is 1.56. The fraction of sp³-hybridized carbons (Fsp3) is 0.625. The molecule has 1 amide bonds. The fourth-order valence-corrected chi connectivity index (χ4v) is 2.96. The molecule has 2 rings (SSSR count). The van der Waals surface area contributed by atoms with E-state index >= 15 is 0 Å². The van der Waals surface area contributed by atoms with Gasteiger partial charge in [0.15, 0.2) is 0 Å². The number of amides is 1. The fourth-order valence-electron chi connectivity index (χ4n) is 2.96. The minimum Gasteiger partial charge on any atom is -0.395 e. The van der Waals surface area contributed by atoms with E-state index < -0.39 is 0 Å². The highest BCUT2D eigenvalue weighted by molar-refractivity contribution is 5.95. The number of aryl methyl sites for hydroxylation is 1. The SMILES string of the molecule is CCc1cc(C(=O)N(CCO)C2CCCC2)cc(NC)n1. The second kappa shape index (κ2) is 7.41. The Kier molecular flexibility index (Phi) is 5.56. The molecule has 1 aliphatic carbocycles. The molecular formula is C16H25N3O2. The second-order valence-corrected chi connectivity index (χ2v) is 5.50. The van der Waals surface area contributed by atoms with Gasteiger partial charge in [0.05, 0.1) is 6.61 Å². The first-order valence-corrected chi connectivity index (χ1v) is 7.80. The van der Waals surface area contributed by atoms with Crippen LogP contribution >= 0.6 is 0 Å². The maximum atomic E-state index is 12.8. The third-order valence-corrected chi connectivity index (χ3v) is 4.11. The average molecular weight is 291 g/mol. The quantitative estimate of drug-likeness (QED) is 0.842. The molecule has 0 atom stereocenters. The normalized spacial score (nSPS) is 15.2. The Morgan fingerprint density at radius 1 is 1.43 bits per heavy atom. The molecule has 1 aliphatic rings. The summed E-state index contributed by atoms with van der Waals surface area (Å²) in [7, 11) is 1.80. The number of rotatable bonds is 6. The topological polar surface area (TPSA) is 65.5 Å². The molecule has 1 heterocycles. The van der Waals surface area contributed by atoms with Crippen molar-refractivity contribution in [3.05, 3.63) is 23.4 Å². The number of pyridine rings is 1. The van der Waals surface area contributed by atoms with Crippen molar-refractivity contribution >= 4 is 11.7 Å². The number of anilines is 1. The van der Waals surface area contributed by atoms with Gasteiger partial charge in [0.25, 0.3) is 5.91 Å². The lowest BCUT2D eigenvalue weighted by molar-refractivity contribution is 0.0638. The molecule has 1 aromatic rings. The van der Waals surface area contributed by atoms with Crippen LogP contribution in [0.25, 0.3) is 0 Å². The van der Waals surface area contributed by atoms with E-state index in [1.54, 1.807) is 13.1 Å². The highest BCUT2D eigenvalue weighted by Crippen LogP contribution is 2.25. The zero-order valence-electron chi connectivity index (χ0n) is 12.9. The number of carbonyl (C=O) groups excluding carboxylic acids is 1. The number of aliphatic hydroxyl groups is 1. The van der Waals surface area contributed by atoms with Crippen molar-refractivity contribution < 1.29 is 9.90 Å². The summed E-state index contributed by atoms with van der Waals surface area (Å²) >= 11 is 0. The van der Waals surface area contributed by atoms with Gasteiger partial charge >= 0.3 is 0 Å². The lowest BCUT2D eigenvalue weighted by Crippen LogP contribution is -2.40. The van der Waals surface area contributed by atoms with Gasteiger partial charge in [0.2, 0.25) is 0 Å². The maximum absolute atomic E-state index is 12.8. The molecule has 21 heavy (non-hydrogen) atoms. The first-order chi connectivity index (χ1) is 10.2. The van der Waals surface area contributed by atoms with Crippen molar-refractivity contribution in [3.8, 4) is 0 Å². The summed E-state index contributed by atoms with van der Waals surface area (Å²) in [6.07, 6.45) is 5.20. The molecule has 1 saturated carbocycles. The number of carbonyl (C=O) groups is 1. The van der Waals surface area contributed by atoms with Gasteiger partial charge in [-0.05, 0) is 31.4 Å².